The quantitative estimate of drug-likeness (QED) is 0.929. The van der Waals surface area contributed by atoms with E-state index in [0.717, 1.165) is 25.2 Å². The maximum Gasteiger partial charge on any atom is 0.260 e. The van der Waals surface area contributed by atoms with E-state index in [9.17, 15) is 4.79 Å². The minimum Gasteiger partial charge on any atom is -0.484 e. The number of benzene rings is 1. The molecular formula is C14H20Cl2N2O2. The molecule has 2 rings (SSSR count). The minimum absolute atomic E-state index is 0. The molecule has 1 aliphatic heterocycles. The van der Waals surface area contributed by atoms with Crippen molar-refractivity contribution < 1.29 is 9.53 Å². The molecule has 1 fully saturated rings. The molecule has 0 radical (unpaired) electrons. The molecule has 0 bridgehead atoms. The van der Waals surface area contributed by atoms with Gasteiger partial charge in [0.1, 0.15) is 5.75 Å². The van der Waals surface area contributed by atoms with Gasteiger partial charge in [-0.25, -0.2) is 0 Å². The van der Waals surface area contributed by atoms with E-state index in [4.69, 9.17) is 16.3 Å². The van der Waals surface area contributed by atoms with Crippen molar-refractivity contribution in [3.05, 3.63) is 28.8 Å². The molecule has 1 aromatic carbocycles. The third-order valence-corrected chi connectivity index (χ3v) is 3.74. The first-order chi connectivity index (χ1) is 9.08. The van der Waals surface area contributed by atoms with Crippen molar-refractivity contribution in [3.8, 4) is 5.75 Å². The number of amides is 1. The molecule has 1 amide bonds. The molecule has 4 nitrogen and oxygen atoms in total. The maximum absolute atomic E-state index is 12.1. The number of nitrogens with one attached hydrogen (secondary N) is 1. The van der Waals surface area contributed by atoms with Crippen molar-refractivity contribution in [1.82, 2.24) is 10.2 Å². The number of ether oxygens (including phenoxy) is 1. The van der Waals surface area contributed by atoms with Crippen LogP contribution >= 0.6 is 24.0 Å². The normalized spacial score (nSPS) is 18.4. The van der Waals surface area contributed by atoms with Crippen molar-refractivity contribution >= 4 is 29.9 Å². The van der Waals surface area contributed by atoms with Gasteiger partial charge in [-0.15, -0.1) is 12.4 Å². The Balaban J connectivity index is 0.00000200. The molecular weight excluding hydrogens is 299 g/mol. The van der Waals surface area contributed by atoms with Gasteiger partial charge in [0.25, 0.3) is 5.91 Å². The van der Waals surface area contributed by atoms with Gasteiger partial charge in [-0.05, 0) is 37.6 Å². The lowest BCUT2D eigenvalue weighted by molar-refractivity contribution is -0.136. The van der Waals surface area contributed by atoms with E-state index in [1.165, 1.54) is 0 Å². The summed E-state index contributed by atoms with van der Waals surface area (Å²) >= 11 is 5.95. The summed E-state index contributed by atoms with van der Waals surface area (Å²) in [5.74, 6) is 0.708. The molecule has 112 valence electrons. The Labute approximate surface area is 130 Å². The summed E-state index contributed by atoms with van der Waals surface area (Å²) in [7, 11) is 0. The molecule has 1 aromatic rings. The van der Waals surface area contributed by atoms with E-state index in [2.05, 4.69) is 5.32 Å². The second kappa shape index (κ2) is 7.72. The Morgan fingerprint density at radius 3 is 2.95 bits per heavy atom. The van der Waals surface area contributed by atoms with Gasteiger partial charge in [0.2, 0.25) is 0 Å². The SMILES string of the molecule is Cc1cc(OCC(=O)N2CCNC[C@@H]2C)ccc1Cl.Cl. The van der Waals surface area contributed by atoms with Gasteiger partial charge in [0.05, 0.1) is 0 Å². The summed E-state index contributed by atoms with van der Waals surface area (Å²) in [6, 6.07) is 5.63. The van der Waals surface area contributed by atoms with Gasteiger partial charge in [0.15, 0.2) is 6.61 Å². The number of hydrogen-bond donors (Lipinski definition) is 1. The van der Waals surface area contributed by atoms with Crippen LogP contribution in [0.15, 0.2) is 18.2 Å². The van der Waals surface area contributed by atoms with Crippen molar-refractivity contribution in [2.45, 2.75) is 19.9 Å². The van der Waals surface area contributed by atoms with Gasteiger partial charge in [-0.1, -0.05) is 11.6 Å². The van der Waals surface area contributed by atoms with Crippen LogP contribution in [0.3, 0.4) is 0 Å². The van der Waals surface area contributed by atoms with E-state index in [-0.39, 0.29) is 31.0 Å². The zero-order valence-corrected chi connectivity index (χ0v) is 13.3. The average molecular weight is 319 g/mol. The van der Waals surface area contributed by atoms with Crippen molar-refractivity contribution in [1.29, 1.82) is 0 Å². The molecule has 1 aliphatic rings. The van der Waals surface area contributed by atoms with Crippen LogP contribution in [-0.2, 0) is 4.79 Å². The average Bonchev–Trinajstić information content (AvgIpc) is 2.40. The number of carbonyl (C=O) groups excluding carboxylic acids is 1. The first kappa shape index (κ1) is 17.1. The molecule has 1 saturated heterocycles. The smallest absolute Gasteiger partial charge is 0.260 e. The zero-order chi connectivity index (χ0) is 13.8. The number of rotatable bonds is 3. The van der Waals surface area contributed by atoms with Crippen molar-refractivity contribution in [2.75, 3.05) is 26.2 Å². The summed E-state index contributed by atoms with van der Waals surface area (Å²) in [5, 5.41) is 3.96. The topological polar surface area (TPSA) is 41.6 Å². The van der Waals surface area contributed by atoms with E-state index in [1.807, 2.05) is 24.8 Å². The standard InChI is InChI=1S/C14H19ClN2O2.ClH/c1-10-7-12(3-4-13(10)15)19-9-14(18)17-6-5-16-8-11(17)2;/h3-4,7,11,16H,5-6,8-9H2,1-2H3;1H/t11-;/m0./s1. The molecule has 20 heavy (non-hydrogen) atoms. The highest BCUT2D eigenvalue weighted by Crippen LogP contribution is 2.21. The van der Waals surface area contributed by atoms with Gasteiger partial charge in [-0.3, -0.25) is 4.79 Å². The third-order valence-electron chi connectivity index (χ3n) is 3.31. The number of hydrogen-bond acceptors (Lipinski definition) is 3. The summed E-state index contributed by atoms with van der Waals surface area (Å²) in [6.07, 6.45) is 0. The third kappa shape index (κ3) is 4.27. The Morgan fingerprint density at radius 2 is 2.30 bits per heavy atom. The first-order valence-corrected chi connectivity index (χ1v) is 6.85. The molecule has 1 atom stereocenters. The largest absolute Gasteiger partial charge is 0.484 e. The Bertz CT molecular complexity index is 468. The van der Waals surface area contributed by atoms with Crippen LogP contribution in [0.2, 0.25) is 5.02 Å². The Hall–Kier alpha value is -0.970. The van der Waals surface area contributed by atoms with E-state index in [0.29, 0.717) is 10.8 Å². The molecule has 1 N–H and O–H groups in total. The number of nitrogens with zero attached hydrogens (tertiary/aromatic N) is 1. The molecule has 0 aromatic heterocycles. The highest BCUT2D eigenvalue weighted by atomic mass is 35.5. The fourth-order valence-corrected chi connectivity index (χ4v) is 2.26. The maximum atomic E-state index is 12.1. The molecule has 0 aliphatic carbocycles. The Kier molecular flexibility index (Phi) is 6.59. The van der Waals surface area contributed by atoms with Gasteiger partial charge < -0.3 is 15.0 Å². The predicted molar refractivity (Wildman–Crippen MR) is 83.0 cm³/mol. The fourth-order valence-electron chi connectivity index (χ4n) is 2.15. The molecule has 6 heteroatoms. The lowest BCUT2D eigenvalue weighted by Crippen LogP contribution is -2.53. The van der Waals surface area contributed by atoms with Crippen LogP contribution in [0.5, 0.6) is 5.75 Å². The van der Waals surface area contributed by atoms with E-state index in [1.54, 1.807) is 12.1 Å². The van der Waals surface area contributed by atoms with Crippen LogP contribution in [0.25, 0.3) is 0 Å². The highest BCUT2D eigenvalue weighted by Gasteiger charge is 2.23. The molecule has 0 spiro atoms. The molecule has 0 saturated carbocycles. The second-order valence-electron chi connectivity index (χ2n) is 4.84. The minimum atomic E-state index is 0. The Morgan fingerprint density at radius 1 is 1.55 bits per heavy atom. The summed E-state index contributed by atoms with van der Waals surface area (Å²) < 4.78 is 5.53. The van der Waals surface area contributed by atoms with Crippen LogP contribution in [-0.4, -0.2) is 43.1 Å². The molecule has 1 heterocycles. The lowest BCUT2D eigenvalue weighted by Gasteiger charge is -2.33. The van der Waals surface area contributed by atoms with Crippen LogP contribution in [0.4, 0.5) is 0 Å². The van der Waals surface area contributed by atoms with Crippen LogP contribution in [0, 0.1) is 6.92 Å². The summed E-state index contributed by atoms with van der Waals surface area (Å²) in [5.41, 5.74) is 0.946. The second-order valence-corrected chi connectivity index (χ2v) is 5.25. The zero-order valence-electron chi connectivity index (χ0n) is 11.7. The fraction of sp³-hybridized carbons (Fsp3) is 0.500. The lowest BCUT2D eigenvalue weighted by atomic mass is 10.2. The van der Waals surface area contributed by atoms with E-state index >= 15 is 0 Å². The number of halogens is 2. The summed E-state index contributed by atoms with van der Waals surface area (Å²) in [6.45, 7) is 6.45. The number of aryl methyl sites for hydroxylation is 1. The number of piperazine rings is 1. The van der Waals surface area contributed by atoms with Gasteiger partial charge in [0, 0.05) is 30.7 Å². The monoisotopic (exact) mass is 318 g/mol. The van der Waals surface area contributed by atoms with Crippen LogP contribution in [0.1, 0.15) is 12.5 Å². The van der Waals surface area contributed by atoms with Gasteiger partial charge in [-0.2, -0.15) is 0 Å². The number of carbonyl (C=O) groups is 1. The summed E-state index contributed by atoms with van der Waals surface area (Å²) in [4.78, 5) is 13.9. The van der Waals surface area contributed by atoms with Crippen molar-refractivity contribution in [3.63, 3.8) is 0 Å². The highest BCUT2D eigenvalue weighted by molar-refractivity contribution is 6.31. The predicted octanol–water partition coefficient (Wildman–Crippen LogP) is 2.27. The first-order valence-electron chi connectivity index (χ1n) is 6.47. The van der Waals surface area contributed by atoms with Crippen LogP contribution < -0.4 is 10.1 Å². The van der Waals surface area contributed by atoms with Crippen molar-refractivity contribution in [2.24, 2.45) is 0 Å². The molecule has 0 unspecified atom stereocenters. The van der Waals surface area contributed by atoms with E-state index < -0.39 is 0 Å². The van der Waals surface area contributed by atoms with Gasteiger partial charge >= 0.3 is 0 Å².